The number of aromatic hydroxyl groups is 1. The summed E-state index contributed by atoms with van der Waals surface area (Å²) < 4.78 is 13.4. The second-order valence-corrected chi connectivity index (χ2v) is 3.56. The van der Waals surface area contributed by atoms with Gasteiger partial charge in [-0.05, 0) is 0 Å². The molecule has 0 bridgehead atoms. The van der Waals surface area contributed by atoms with E-state index in [0.29, 0.717) is 4.70 Å². The Labute approximate surface area is 81.4 Å². The molecular weight excluding hydrogens is 209 g/mol. The fourth-order valence-corrected chi connectivity index (χ4v) is 1.99. The van der Waals surface area contributed by atoms with Gasteiger partial charge in [0.2, 0.25) is 0 Å². The summed E-state index contributed by atoms with van der Waals surface area (Å²) in [7, 11) is 0. The molecule has 0 unspecified atom stereocenters. The highest BCUT2D eigenvalue weighted by molar-refractivity contribution is 7.17. The number of nitro groups is 1. The van der Waals surface area contributed by atoms with Crippen molar-refractivity contribution in [1.82, 2.24) is 0 Å². The lowest BCUT2D eigenvalue weighted by Gasteiger charge is -1.95. The van der Waals surface area contributed by atoms with Gasteiger partial charge in [0.05, 0.1) is 15.7 Å². The van der Waals surface area contributed by atoms with Crippen LogP contribution in [-0.4, -0.2) is 10.0 Å². The van der Waals surface area contributed by atoms with Crippen LogP contribution in [0, 0.1) is 15.9 Å². The fourth-order valence-electron chi connectivity index (χ4n) is 1.18. The number of nitrogens with zero attached hydrogens (tertiary/aromatic N) is 1. The summed E-state index contributed by atoms with van der Waals surface area (Å²) in [5.41, 5.74) is -0.313. The van der Waals surface area contributed by atoms with Crippen LogP contribution >= 0.6 is 11.3 Å². The summed E-state index contributed by atoms with van der Waals surface area (Å²) in [5.74, 6) is -0.813. The van der Waals surface area contributed by atoms with Crippen LogP contribution in [0.1, 0.15) is 0 Å². The molecule has 14 heavy (non-hydrogen) atoms. The number of phenols is 1. The van der Waals surface area contributed by atoms with Gasteiger partial charge < -0.3 is 5.11 Å². The van der Waals surface area contributed by atoms with Crippen LogP contribution in [0.15, 0.2) is 17.5 Å². The number of fused-ring (bicyclic) bond motifs is 1. The minimum atomic E-state index is -0.670. The van der Waals surface area contributed by atoms with Crippen LogP contribution < -0.4 is 0 Å². The zero-order chi connectivity index (χ0) is 10.3. The number of benzene rings is 1. The molecule has 1 aromatic heterocycles. The van der Waals surface area contributed by atoms with Gasteiger partial charge in [-0.3, -0.25) is 10.1 Å². The number of phenolic OH excluding ortho intramolecular Hbond substituents is 1. The second-order valence-electron chi connectivity index (χ2n) is 2.68. The number of rotatable bonds is 1. The van der Waals surface area contributed by atoms with Crippen molar-refractivity contribution >= 4 is 27.1 Å². The summed E-state index contributed by atoms with van der Waals surface area (Å²) in [4.78, 5) is 9.74. The molecule has 6 heteroatoms. The zero-order valence-electron chi connectivity index (χ0n) is 6.73. The average Bonchev–Trinajstić information content (AvgIpc) is 2.48. The molecule has 72 valence electrons. The number of non-ortho nitro benzene ring substituents is 1. The highest BCUT2D eigenvalue weighted by Gasteiger charge is 2.14. The summed E-state index contributed by atoms with van der Waals surface area (Å²) >= 11 is 1.01. The smallest absolute Gasteiger partial charge is 0.273 e. The maximum absolute atomic E-state index is 13.0. The third-order valence-electron chi connectivity index (χ3n) is 1.80. The van der Waals surface area contributed by atoms with Crippen LogP contribution in [0.25, 0.3) is 10.1 Å². The predicted octanol–water partition coefficient (Wildman–Crippen LogP) is 2.65. The molecule has 0 atom stereocenters. The highest BCUT2D eigenvalue weighted by Crippen LogP contribution is 2.35. The average molecular weight is 213 g/mol. The second kappa shape index (κ2) is 2.91. The molecule has 0 saturated heterocycles. The van der Waals surface area contributed by atoms with Gasteiger partial charge in [-0.25, -0.2) is 4.39 Å². The van der Waals surface area contributed by atoms with Crippen molar-refractivity contribution in [3.63, 3.8) is 0 Å². The lowest BCUT2D eigenvalue weighted by atomic mass is 10.2. The topological polar surface area (TPSA) is 63.4 Å². The number of nitro benzene ring substituents is 1. The van der Waals surface area contributed by atoms with E-state index >= 15 is 0 Å². The van der Waals surface area contributed by atoms with E-state index in [4.69, 9.17) is 0 Å². The molecule has 1 N–H and O–H groups in total. The van der Waals surface area contributed by atoms with Crippen molar-refractivity contribution in [1.29, 1.82) is 0 Å². The van der Waals surface area contributed by atoms with Crippen LogP contribution in [0.4, 0.5) is 10.1 Å². The highest BCUT2D eigenvalue weighted by atomic mass is 32.1. The van der Waals surface area contributed by atoms with E-state index < -0.39 is 10.7 Å². The molecule has 0 aliphatic carbocycles. The van der Waals surface area contributed by atoms with E-state index in [0.717, 1.165) is 23.5 Å². The van der Waals surface area contributed by atoms with Gasteiger partial charge in [-0.15, -0.1) is 11.3 Å². The molecular formula is C8H4FNO3S. The first-order valence-electron chi connectivity index (χ1n) is 3.63. The Kier molecular flexibility index (Phi) is 1.85. The van der Waals surface area contributed by atoms with Crippen molar-refractivity contribution in [2.75, 3.05) is 0 Å². The van der Waals surface area contributed by atoms with E-state index in [1.54, 1.807) is 0 Å². The molecule has 0 spiro atoms. The third-order valence-corrected chi connectivity index (χ3v) is 2.79. The maximum Gasteiger partial charge on any atom is 0.273 e. The standard InChI is InChI=1S/C8H4FNO3S/c9-6-3-14-8-5(6)1-4(10(12)13)2-7(8)11/h1-3,11H. The largest absolute Gasteiger partial charge is 0.506 e. The first kappa shape index (κ1) is 8.89. The van der Waals surface area contributed by atoms with Crippen LogP contribution in [0.2, 0.25) is 0 Å². The molecule has 0 fully saturated rings. The lowest BCUT2D eigenvalue weighted by Crippen LogP contribution is -1.87. The molecule has 0 aliphatic rings. The van der Waals surface area contributed by atoms with E-state index in [1.165, 1.54) is 5.38 Å². The number of hydrogen-bond donors (Lipinski definition) is 1. The molecule has 2 aromatic rings. The number of hydrogen-bond acceptors (Lipinski definition) is 4. The maximum atomic E-state index is 13.0. The van der Waals surface area contributed by atoms with Crippen LogP contribution in [0.3, 0.4) is 0 Å². The minimum Gasteiger partial charge on any atom is -0.506 e. The first-order valence-corrected chi connectivity index (χ1v) is 4.51. The summed E-state index contributed by atoms with van der Waals surface area (Å²) in [6.07, 6.45) is 0. The van der Waals surface area contributed by atoms with Gasteiger partial charge in [0.25, 0.3) is 5.69 Å². The van der Waals surface area contributed by atoms with E-state index in [-0.39, 0.29) is 16.8 Å². The summed E-state index contributed by atoms with van der Waals surface area (Å²) in [6, 6.07) is 2.12. The Balaban J connectivity index is 2.82. The van der Waals surface area contributed by atoms with Crippen molar-refractivity contribution in [3.05, 3.63) is 33.4 Å². The fraction of sp³-hybridized carbons (Fsp3) is 0. The van der Waals surface area contributed by atoms with Gasteiger partial charge >= 0.3 is 0 Å². The lowest BCUT2D eigenvalue weighted by molar-refractivity contribution is -0.384. The van der Waals surface area contributed by atoms with Gasteiger partial charge in [0.1, 0.15) is 11.6 Å². The minimum absolute atomic E-state index is 0.0849. The normalized spacial score (nSPS) is 10.6. The van der Waals surface area contributed by atoms with Gasteiger partial charge in [-0.2, -0.15) is 0 Å². The Bertz CT molecular complexity index is 523. The van der Waals surface area contributed by atoms with Crippen molar-refractivity contribution in [2.24, 2.45) is 0 Å². The Morgan fingerprint density at radius 2 is 2.21 bits per heavy atom. The summed E-state index contributed by atoms with van der Waals surface area (Å²) in [6.45, 7) is 0. The van der Waals surface area contributed by atoms with Crippen molar-refractivity contribution < 1.29 is 14.4 Å². The van der Waals surface area contributed by atoms with Crippen molar-refractivity contribution in [2.45, 2.75) is 0 Å². The molecule has 2 rings (SSSR count). The monoisotopic (exact) mass is 213 g/mol. The number of thiophene rings is 1. The van der Waals surface area contributed by atoms with E-state index in [9.17, 15) is 19.6 Å². The van der Waals surface area contributed by atoms with Gasteiger partial charge in [0, 0.05) is 16.8 Å². The Morgan fingerprint density at radius 1 is 1.50 bits per heavy atom. The molecule has 0 amide bonds. The van der Waals surface area contributed by atoms with Gasteiger partial charge in [-0.1, -0.05) is 0 Å². The number of halogens is 1. The van der Waals surface area contributed by atoms with Crippen LogP contribution in [-0.2, 0) is 0 Å². The summed E-state index contributed by atoms with van der Waals surface area (Å²) in [5, 5.41) is 21.0. The zero-order valence-corrected chi connectivity index (χ0v) is 7.55. The predicted molar refractivity (Wildman–Crippen MR) is 50.1 cm³/mol. The molecule has 0 radical (unpaired) electrons. The van der Waals surface area contributed by atoms with E-state index in [2.05, 4.69) is 0 Å². The Hall–Kier alpha value is -1.69. The van der Waals surface area contributed by atoms with Crippen molar-refractivity contribution in [3.8, 4) is 5.75 Å². The molecule has 1 aromatic carbocycles. The Morgan fingerprint density at radius 3 is 2.86 bits per heavy atom. The molecule has 0 aliphatic heterocycles. The quantitative estimate of drug-likeness (QED) is 0.585. The molecule has 1 heterocycles. The van der Waals surface area contributed by atoms with E-state index in [1.807, 2.05) is 0 Å². The third kappa shape index (κ3) is 1.20. The van der Waals surface area contributed by atoms with Crippen LogP contribution in [0.5, 0.6) is 5.75 Å². The van der Waals surface area contributed by atoms with Gasteiger partial charge in [0.15, 0.2) is 0 Å². The molecule has 0 saturated carbocycles. The first-order chi connectivity index (χ1) is 6.59. The SMILES string of the molecule is O=[N+]([O-])c1cc(O)c2scc(F)c2c1. The molecule has 4 nitrogen and oxygen atoms in total.